The highest BCUT2D eigenvalue weighted by atomic mass is 32.1. The van der Waals surface area contributed by atoms with Crippen LogP contribution in [0.5, 0.6) is 0 Å². The van der Waals surface area contributed by atoms with Crippen LogP contribution in [0.25, 0.3) is 11.0 Å². The van der Waals surface area contributed by atoms with E-state index in [1.807, 2.05) is 32.0 Å². The molecule has 3 rings (SSSR count). The lowest BCUT2D eigenvalue weighted by atomic mass is 10.1. The van der Waals surface area contributed by atoms with Gasteiger partial charge in [-0.2, -0.15) is 0 Å². The van der Waals surface area contributed by atoms with Crippen molar-refractivity contribution in [1.29, 1.82) is 0 Å². The summed E-state index contributed by atoms with van der Waals surface area (Å²) in [5, 5.41) is 4.43. The third-order valence-corrected chi connectivity index (χ3v) is 3.86. The fourth-order valence-electron chi connectivity index (χ4n) is 2.08. The van der Waals surface area contributed by atoms with Gasteiger partial charge in [0.1, 0.15) is 5.58 Å². The van der Waals surface area contributed by atoms with Gasteiger partial charge in [-0.1, -0.05) is 12.1 Å². The number of nitrogens with zero attached hydrogens (tertiary/aromatic N) is 1. The molecule has 0 radical (unpaired) electrons. The van der Waals surface area contributed by atoms with Crippen LogP contribution in [-0.2, 0) is 11.2 Å². The van der Waals surface area contributed by atoms with Crippen LogP contribution in [-0.4, -0.2) is 10.9 Å². The second-order valence-electron chi connectivity index (χ2n) is 4.76. The Balaban J connectivity index is 1.77. The summed E-state index contributed by atoms with van der Waals surface area (Å²) in [6.45, 7) is 3.97. The Labute approximate surface area is 120 Å². The molecule has 1 aromatic carbocycles. The highest BCUT2D eigenvalue weighted by molar-refractivity contribution is 7.15. The summed E-state index contributed by atoms with van der Waals surface area (Å²) in [6.07, 6.45) is 3.68. The molecule has 0 spiro atoms. The molecular formula is C15H14N2O2S. The van der Waals surface area contributed by atoms with Crippen molar-refractivity contribution in [3.63, 3.8) is 0 Å². The lowest BCUT2D eigenvalue weighted by Gasteiger charge is -2.00. The van der Waals surface area contributed by atoms with Crippen molar-refractivity contribution in [3.05, 3.63) is 46.7 Å². The summed E-state index contributed by atoms with van der Waals surface area (Å²) < 4.78 is 5.49. The average Bonchev–Trinajstić information content (AvgIpc) is 2.96. The average molecular weight is 286 g/mol. The Hall–Kier alpha value is -2.14. The number of furan rings is 1. The number of amides is 1. The maximum Gasteiger partial charge on any atom is 0.230 e. The van der Waals surface area contributed by atoms with Crippen molar-refractivity contribution in [2.75, 3.05) is 5.32 Å². The zero-order valence-electron chi connectivity index (χ0n) is 11.3. The van der Waals surface area contributed by atoms with E-state index in [1.165, 1.54) is 11.3 Å². The third kappa shape index (κ3) is 2.58. The number of hydrogen-bond acceptors (Lipinski definition) is 4. The first-order chi connectivity index (χ1) is 9.61. The molecule has 0 saturated heterocycles. The number of anilines is 1. The molecule has 5 heteroatoms. The molecule has 2 heterocycles. The van der Waals surface area contributed by atoms with Gasteiger partial charge in [-0.05, 0) is 25.5 Å². The Morgan fingerprint density at radius 1 is 1.40 bits per heavy atom. The molecule has 4 nitrogen and oxygen atoms in total. The number of benzene rings is 1. The fraction of sp³-hybridized carbons (Fsp3) is 0.200. The van der Waals surface area contributed by atoms with Crippen molar-refractivity contribution < 1.29 is 9.21 Å². The van der Waals surface area contributed by atoms with Crippen LogP contribution in [0.4, 0.5) is 5.13 Å². The Morgan fingerprint density at radius 2 is 2.25 bits per heavy atom. The predicted molar refractivity (Wildman–Crippen MR) is 80.1 cm³/mol. The first-order valence-electron chi connectivity index (χ1n) is 6.31. The minimum atomic E-state index is -0.0809. The van der Waals surface area contributed by atoms with Crippen molar-refractivity contribution in [3.8, 4) is 0 Å². The number of rotatable bonds is 3. The molecule has 0 aliphatic heterocycles. The van der Waals surface area contributed by atoms with Crippen molar-refractivity contribution >= 4 is 33.3 Å². The molecule has 3 aromatic rings. The number of carbonyl (C=O) groups is 1. The number of aromatic nitrogens is 1. The monoisotopic (exact) mass is 286 g/mol. The lowest BCUT2D eigenvalue weighted by Crippen LogP contribution is -2.13. The van der Waals surface area contributed by atoms with E-state index in [4.69, 9.17) is 4.42 Å². The first-order valence-corrected chi connectivity index (χ1v) is 7.12. The van der Waals surface area contributed by atoms with Crippen LogP contribution < -0.4 is 5.32 Å². The summed E-state index contributed by atoms with van der Waals surface area (Å²) in [5.41, 5.74) is 2.85. The molecule has 102 valence electrons. The van der Waals surface area contributed by atoms with Gasteiger partial charge in [-0.25, -0.2) is 4.98 Å². The van der Waals surface area contributed by atoms with Crippen molar-refractivity contribution in [2.45, 2.75) is 20.3 Å². The minimum absolute atomic E-state index is 0.0809. The molecule has 2 aromatic heterocycles. The van der Waals surface area contributed by atoms with Gasteiger partial charge >= 0.3 is 0 Å². The van der Waals surface area contributed by atoms with Crippen LogP contribution in [0.3, 0.4) is 0 Å². The van der Waals surface area contributed by atoms with E-state index in [9.17, 15) is 4.79 Å². The second-order valence-corrected chi connectivity index (χ2v) is 6.00. The molecule has 0 saturated carbocycles. The van der Waals surface area contributed by atoms with Gasteiger partial charge in [0, 0.05) is 22.0 Å². The van der Waals surface area contributed by atoms with Gasteiger partial charge in [0.15, 0.2) is 5.13 Å². The summed E-state index contributed by atoms with van der Waals surface area (Å²) in [6, 6.07) is 5.98. The van der Waals surface area contributed by atoms with Crippen LogP contribution in [0, 0.1) is 13.8 Å². The zero-order valence-corrected chi connectivity index (χ0v) is 12.1. The SMILES string of the molecule is Cc1ccc2c(CC(=O)Nc3ncc(C)s3)coc2c1. The summed E-state index contributed by atoms with van der Waals surface area (Å²) in [5.74, 6) is -0.0809. The van der Waals surface area contributed by atoms with E-state index in [2.05, 4.69) is 10.3 Å². The highest BCUT2D eigenvalue weighted by Crippen LogP contribution is 2.23. The highest BCUT2D eigenvalue weighted by Gasteiger charge is 2.11. The number of thiazole rings is 1. The van der Waals surface area contributed by atoms with E-state index >= 15 is 0 Å². The molecule has 0 fully saturated rings. The molecule has 0 aliphatic rings. The van der Waals surface area contributed by atoms with Gasteiger partial charge < -0.3 is 9.73 Å². The van der Waals surface area contributed by atoms with Gasteiger partial charge in [-0.15, -0.1) is 11.3 Å². The molecule has 0 bridgehead atoms. The van der Waals surface area contributed by atoms with E-state index in [1.54, 1.807) is 12.5 Å². The Bertz CT molecular complexity index is 773. The van der Waals surface area contributed by atoms with Crippen molar-refractivity contribution in [1.82, 2.24) is 4.98 Å². The molecule has 0 atom stereocenters. The molecule has 0 aliphatic carbocycles. The number of fused-ring (bicyclic) bond motifs is 1. The maximum absolute atomic E-state index is 12.0. The minimum Gasteiger partial charge on any atom is -0.464 e. The molecule has 20 heavy (non-hydrogen) atoms. The van der Waals surface area contributed by atoms with Crippen molar-refractivity contribution in [2.24, 2.45) is 0 Å². The zero-order chi connectivity index (χ0) is 14.1. The molecule has 1 amide bonds. The van der Waals surface area contributed by atoms with Gasteiger partial charge in [0.25, 0.3) is 0 Å². The second kappa shape index (κ2) is 5.09. The van der Waals surface area contributed by atoms with Crippen LogP contribution in [0.15, 0.2) is 35.1 Å². The molecular weight excluding hydrogens is 272 g/mol. The largest absolute Gasteiger partial charge is 0.464 e. The molecule has 0 unspecified atom stereocenters. The Kier molecular flexibility index (Phi) is 3.28. The quantitative estimate of drug-likeness (QED) is 0.799. The van der Waals surface area contributed by atoms with E-state index in [-0.39, 0.29) is 12.3 Å². The normalized spacial score (nSPS) is 10.9. The number of hydrogen-bond donors (Lipinski definition) is 1. The van der Waals surface area contributed by atoms with Gasteiger partial charge in [0.2, 0.25) is 5.91 Å². The van der Waals surface area contributed by atoms with Gasteiger partial charge in [-0.3, -0.25) is 4.79 Å². The third-order valence-electron chi connectivity index (χ3n) is 3.03. The van der Waals surface area contributed by atoms with E-state index < -0.39 is 0 Å². The summed E-state index contributed by atoms with van der Waals surface area (Å²) in [7, 11) is 0. The lowest BCUT2D eigenvalue weighted by molar-refractivity contribution is -0.115. The maximum atomic E-state index is 12.0. The number of aryl methyl sites for hydroxylation is 2. The van der Waals surface area contributed by atoms with E-state index in [0.717, 1.165) is 27.0 Å². The van der Waals surface area contributed by atoms with Crippen LogP contribution >= 0.6 is 11.3 Å². The van der Waals surface area contributed by atoms with Crippen LogP contribution in [0.2, 0.25) is 0 Å². The number of carbonyl (C=O) groups excluding carboxylic acids is 1. The van der Waals surface area contributed by atoms with Gasteiger partial charge in [0.05, 0.1) is 12.7 Å². The first kappa shape index (κ1) is 12.9. The Morgan fingerprint density at radius 3 is 3.00 bits per heavy atom. The molecule has 1 N–H and O–H groups in total. The number of nitrogens with one attached hydrogen (secondary N) is 1. The topological polar surface area (TPSA) is 55.1 Å². The standard InChI is InChI=1S/C15H14N2O2S/c1-9-3-4-12-11(8-19-13(12)5-9)6-14(18)17-15-16-7-10(2)20-15/h3-5,7-8H,6H2,1-2H3,(H,16,17,18). The van der Waals surface area contributed by atoms with E-state index in [0.29, 0.717) is 5.13 Å². The summed E-state index contributed by atoms with van der Waals surface area (Å²) >= 11 is 1.47. The van der Waals surface area contributed by atoms with Crippen LogP contribution in [0.1, 0.15) is 16.0 Å². The summed E-state index contributed by atoms with van der Waals surface area (Å²) in [4.78, 5) is 17.2. The smallest absolute Gasteiger partial charge is 0.230 e. The predicted octanol–water partition coefficient (Wildman–Crippen LogP) is 3.69. The fourth-order valence-corrected chi connectivity index (χ4v) is 2.76.